The lowest BCUT2D eigenvalue weighted by Gasteiger charge is -2.10. The molecule has 0 atom stereocenters. The van der Waals surface area contributed by atoms with E-state index in [1.807, 2.05) is 12.1 Å². The maximum atomic E-state index is 5.95. The van der Waals surface area contributed by atoms with Gasteiger partial charge in [-0.05, 0) is 24.6 Å². The van der Waals surface area contributed by atoms with Crippen LogP contribution in [-0.2, 0) is 11.3 Å². The first-order chi connectivity index (χ1) is 10.2. The van der Waals surface area contributed by atoms with Crippen molar-refractivity contribution in [3.63, 3.8) is 0 Å². The van der Waals surface area contributed by atoms with Crippen molar-refractivity contribution in [3.05, 3.63) is 41.2 Å². The lowest BCUT2D eigenvalue weighted by atomic mass is 10.3. The number of hydrogen-bond donors (Lipinski definition) is 1. The molecule has 0 bridgehead atoms. The summed E-state index contributed by atoms with van der Waals surface area (Å²) in [7, 11) is 1.60. The number of benzene rings is 1. The predicted octanol–water partition coefficient (Wildman–Crippen LogP) is 3.89. The molecule has 2 aromatic rings. The average molecular weight is 308 g/mol. The van der Waals surface area contributed by atoms with Gasteiger partial charge in [0.15, 0.2) is 5.82 Å². The van der Waals surface area contributed by atoms with Gasteiger partial charge in [-0.1, -0.05) is 24.6 Å². The van der Waals surface area contributed by atoms with Gasteiger partial charge >= 0.3 is 0 Å². The van der Waals surface area contributed by atoms with Crippen molar-refractivity contribution in [1.29, 1.82) is 0 Å². The number of aromatic nitrogens is 2. The lowest BCUT2D eigenvalue weighted by Crippen LogP contribution is -2.06. The Kier molecular flexibility index (Phi) is 5.78. The molecule has 112 valence electrons. The van der Waals surface area contributed by atoms with E-state index in [0.717, 1.165) is 18.8 Å². The van der Waals surface area contributed by atoms with Gasteiger partial charge in [0.1, 0.15) is 18.2 Å². The van der Waals surface area contributed by atoms with Crippen molar-refractivity contribution in [2.75, 3.05) is 19.0 Å². The van der Waals surface area contributed by atoms with Gasteiger partial charge < -0.3 is 14.8 Å². The third-order valence-corrected chi connectivity index (χ3v) is 2.83. The molecule has 6 heteroatoms. The summed E-state index contributed by atoms with van der Waals surface area (Å²) in [5.74, 6) is 2.37. The van der Waals surface area contributed by atoms with Crippen LogP contribution in [0.3, 0.4) is 0 Å². The van der Waals surface area contributed by atoms with Crippen molar-refractivity contribution < 1.29 is 9.47 Å². The average Bonchev–Trinajstić information content (AvgIpc) is 2.45. The van der Waals surface area contributed by atoms with E-state index >= 15 is 0 Å². The number of halogens is 1. The fourth-order valence-electron chi connectivity index (χ4n) is 1.71. The minimum atomic E-state index is 0.327. The Balaban J connectivity index is 2.22. The molecule has 0 aliphatic heterocycles. The molecule has 0 saturated carbocycles. The fraction of sp³-hybridized carbons (Fsp3) is 0.333. The maximum Gasteiger partial charge on any atom is 0.224 e. The first-order valence-electron chi connectivity index (χ1n) is 6.75. The molecule has 0 aliphatic carbocycles. The van der Waals surface area contributed by atoms with E-state index in [-0.39, 0.29) is 0 Å². The lowest BCUT2D eigenvalue weighted by molar-refractivity contribution is 0.177. The summed E-state index contributed by atoms with van der Waals surface area (Å²) >= 11 is 5.95. The normalized spacial score (nSPS) is 10.4. The number of anilines is 1. The second kappa shape index (κ2) is 7.81. The highest BCUT2D eigenvalue weighted by Gasteiger charge is 2.07. The Labute approximate surface area is 129 Å². The van der Waals surface area contributed by atoms with E-state index in [2.05, 4.69) is 22.2 Å². The number of nitrogens with one attached hydrogen (secondary N) is 1. The first kappa shape index (κ1) is 15.5. The van der Waals surface area contributed by atoms with Crippen molar-refractivity contribution in [1.82, 2.24) is 9.97 Å². The van der Waals surface area contributed by atoms with Gasteiger partial charge in [-0.3, -0.25) is 0 Å². The molecule has 0 spiro atoms. The largest absolute Gasteiger partial charge is 0.439 e. The Morgan fingerprint density at radius 1 is 1.24 bits per heavy atom. The van der Waals surface area contributed by atoms with Crippen LogP contribution in [0.2, 0.25) is 5.02 Å². The molecule has 1 aromatic carbocycles. The Bertz CT molecular complexity index is 593. The predicted molar refractivity (Wildman–Crippen MR) is 83.1 cm³/mol. The Morgan fingerprint density at radius 2 is 2.10 bits per heavy atom. The van der Waals surface area contributed by atoms with Crippen LogP contribution in [0.15, 0.2) is 30.3 Å². The second-order valence-corrected chi connectivity index (χ2v) is 4.86. The van der Waals surface area contributed by atoms with Gasteiger partial charge in [0.2, 0.25) is 5.88 Å². The Morgan fingerprint density at radius 3 is 2.81 bits per heavy atom. The van der Waals surface area contributed by atoms with Crippen molar-refractivity contribution in [2.24, 2.45) is 0 Å². The molecule has 1 N–H and O–H groups in total. The standard InChI is InChI=1S/C15H18ClN3O2/c1-3-7-17-13-9-15(19-14(18-13)10-20-2)21-12-6-4-5-11(16)8-12/h4-6,8-9H,3,7,10H2,1-2H3,(H,17,18,19). The van der Waals surface area contributed by atoms with Crippen LogP contribution in [0.5, 0.6) is 11.6 Å². The number of ether oxygens (including phenoxy) is 2. The quantitative estimate of drug-likeness (QED) is 0.841. The summed E-state index contributed by atoms with van der Waals surface area (Å²) in [6.45, 7) is 3.25. The molecule has 0 radical (unpaired) electrons. The zero-order valence-corrected chi connectivity index (χ0v) is 12.9. The molecule has 0 fully saturated rings. The van der Waals surface area contributed by atoms with E-state index in [1.54, 1.807) is 25.3 Å². The molecule has 0 aliphatic rings. The van der Waals surface area contributed by atoms with Crippen molar-refractivity contribution in [2.45, 2.75) is 20.0 Å². The number of rotatable bonds is 7. The minimum absolute atomic E-state index is 0.327. The molecular formula is C15H18ClN3O2. The van der Waals surface area contributed by atoms with Crippen LogP contribution < -0.4 is 10.1 Å². The van der Waals surface area contributed by atoms with Crippen LogP contribution in [-0.4, -0.2) is 23.6 Å². The molecule has 21 heavy (non-hydrogen) atoms. The van der Waals surface area contributed by atoms with E-state index in [4.69, 9.17) is 21.1 Å². The molecule has 0 saturated heterocycles. The third kappa shape index (κ3) is 4.88. The zero-order chi connectivity index (χ0) is 15.1. The van der Waals surface area contributed by atoms with Crippen molar-refractivity contribution >= 4 is 17.4 Å². The highest BCUT2D eigenvalue weighted by molar-refractivity contribution is 6.30. The SMILES string of the molecule is CCCNc1cc(Oc2cccc(Cl)c2)nc(COC)n1. The van der Waals surface area contributed by atoms with E-state index in [0.29, 0.717) is 29.1 Å². The van der Waals surface area contributed by atoms with Crippen LogP contribution in [0.1, 0.15) is 19.2 Å². The van der Waals surface area contributed by atoms with Gasteiger partial charge in [0.05, 0.1) is 0 Å². The highest BCUT2D eigenvalue weighted by atomic mass is 35.5. The molecule has 0 unspecified atom stereocenters. The molecule has 1 heterocycles. The summed E-state index contributed by atoms with van der Waals surface area (Å²) in [6, 6.07) is 8.93. The maximum absolute atomic E-state index is 5.95. The molecule has 0 amide bonds. The first-order valence-corrected chi connectivity index (χ1v) is 7.13. The summed E-state index contributed by atoms with van der Waals surface area (Å²) in [5.41, 5.74) is 0. The van der Waals surface area contributed by atoms with Crippen LogP contribution >= 0.6 is 11.6 Å². The van der Waals surface area contributed by atoms with E-state index in [1.165, 1.54) is 0 Å². The van der Waals surface area contributed by atoms with Crippen molar-refractivity contribution in [3.8, 4) is 11.6 Å². The molecular weight excluding hydrogens is 290 g/mol. The molecule has 2 rings (SSSR count). The van der Waals surface area contributed by atoms with Gasteiger partial charge in [-0.2, -0.15) is 4.98 Å². The molecule has 1 aromatic heterocycles. The van der Waals surface area contributed by atoms with E-state index in [9.17, 15) is 0 Å². The van der Waals surface area contributed by atoms with Gasteiger partial charge in [-0.25, -0.2) is 4.98 Å². The van der Waals surface area contributed by atoms with Crippen LogP contribution in [0, 0.1) is 0 Å². The van der Waals surface area contributed by atoms with Crippen LogP contribution in [0.4, 0.5) is 5.82 Å². The van der Waals surface area contributed by atoms with Crippen LogP contribution in [0.25, 0.3) is 0 Å². The number of hydrogen-bond acceptors (Lipinski definition) is 5. The fourth-order valence-corrected chi connectivity index (χ4v) is 1.89. The van der Waals surface area contributed by atoms with E-state index < -0.39 is 0 Å². The number of nitrogens with zero attached hydrogens (tertiary/aromatic N) is 2. The van der Waals surface area contributed by atoms with Gasteiger partial charge in [0.25, 0.3) is 0 Å². The minimum Gasteiger partial charge on any atom is -0.439 e. The van der Waals surface area contributed by atoms with Gasteiger partial charge in [0, 0.05) is 24.7 Å². The highest BCUT2D eigenvalue weighted by Crippen LogP contribution is 2.24. The third-order valence-electron chi connectivity index (χ3n) is 2.60. The zero-order valence-electron chi connectivity index (χ0n) is 12.1. The Hall–Kier alpha value is -1.85. The smallest absolute Gasteiger partial charge is 0.224 e. The summed E-state index contributed by atoms with van der Waals surface area (Å²) in [4.78, 5) is 8.68. The monoisotopic (exact) mass is 307 g/mol. The number of methoxy groups -OCH3 is 1. The summed E-state index contributed by atoms with van der Waals surface area (Å²) in [6.07, 6.45) is 1.01. The summed E-state index contributed by atoms with van der Waals surface area (Å²) in [5, 5.41) is 3.83. The van der Waals surface area contributed by atoms with Gasteiger partial charge in [-0.15, -0.1) is 0 Å². The summed E-state index contributed by atoms with van der Waals surface area (Å²) < 4.78 is 10.8. The topological polar surface area (TPSA) is 56.3 Å². The molecule has 5 nitrogen and oxygen atoms in total. The second-order valence-electron chi connectivity index (χ2n) is 4.43.